The largest absolute Gasteiger partial charge is 0.315 e. The van der Waals surface area contributed by atoms with E-state index in [1.54, 1.807) is 0 Å². The summed E-state index contributed by atoms with van der Waals surface area (Å²) in [6, 6.07) is 3.12. The van der Waals surface area contributed by atoms with E-state index >= 15 is 0 Å². The van der Waals surface area contributed by atoms with Crippen molar-refractivity contribution in [2.75, 3.05) is 26.2 Å². The molecule has 0 aliphatic carbocycles. The molecule has 0 radical (unpaired) electrons. The molecular formula is C15H29N3. The van der Waals surface area contributed by atoms with Gasteiger partial charge in [-0.1, -0.05) is 13.3 Å². The molecule has 1 N–H and O–H groups in total. The molecular weight excluding hydrogens is 222 g/mol. The van der Waals surface area contributed by atoms with E-state index in [4.69, 9.17) is 5.26 Å². The number of nitrogens with one attached hydrogen (secondary N) is 1. The summed E-state index contributed by atoms with van der Waals surface area (Å²) in [5, 5.41) is 12.5. The monoisotopic (exact) mass is 251 g/mol. The van der Waals surface area contributed by atoms with Crippen LogP contribution in [-0.2, 0) is 0 Å². The van der Waals surface area contributed by atoms with Crippen molar-refractivity contribution in [3.63, 3.8) is 0 Å². The summed E-state index contributed by atoms with van der Waals surface area (Å²) in [7, 11) is 0. The fourth-order valence-electron chi connectivity index (χ4n) is 2.68. The van der Waals surface area contributed by atoms with Crippen molar-refractivity contribution < 1.29 is 0 Å². The van der Waals surface area contributed by atoms with Gasteiger partial charge in [0, 0.05) is 12.6 Å². The predicted octanol–water partition coefficient (Wildman–Crippen LogP) is 2.78. The van der Waals surface area contributed by atoms with Crippen molar-refractivity contribution in [2.45, 2.75) is 58.9 Å². The van der Waals surface area contributed by atoms with E-state index in [0.29, 0.717) is 0 Å². The Morgan fingerprint density at radius 3 is 2.83 bits per heavy atom. The normalized spacial score (nSPS) is 21.1. The zero-order valence-corrected chi connectivity index (χ0v) is 12.3. The molecule has 1 unspecified atom stereocenters. The first-order chi connectivity index (χ1) is 8.59. The maximum Gasteiger partial charge on any atom is 0.0683 e. The summed E-state index contributed by atoms with van der Waals surface area (Å²) >= 11 is 0. The van der Waals surface area contributed by atoms with Crippen LogP contribution in [0.5, 0.6) is 0 Å². The van der Waals surface area contributed by atoms with Gasteiger partial charge < -0.3 is 5.32 Å². The van der Waals surface area contributed by atoms with Crippen molar-refractivity contribution in [1.82, 2.24) is 10.2 Å². The number of nitrogens with zero attached hydrogens (tertiary/aromatic N) is 2. The van der Waals surface area contributed by atoms with Gasteiger partial charge in [0.05, 0.1) is 11.5 Å². The zero-order chi connectivity index (χ0) is 13.4. The SMILES string of the molecule is CCN1CCCC1CNCCCCC(C)(C)C#N. The van der Waals surface area contributed by atoms with E-state index in [1.165, 1.54) is 32.4 Å². The molecule has 1 aliphatic heterocycles. The lowest BCUT2D eigenvalue weighted by molar-refractivity contribution is 0.259. The Labute approximate surface area is 113 Å². The maximum absolute atomic E-state index is 8.93. The van der Waals surface area contributed by atoms with Crippen LogP contribution in [-0.4, -0.2) is 37.1 Å². The van der Waals surface area contributed by atoms with Crippen LogP contribution < -0.4 is 5.32 Å². The van der Waals surface area contributed by atoms with Gasteiger partial charge in [0.25, 0.3) is 0 Å². The smallest absolute Gasteiger partial charge is 0.0683 e. The topological polar surface area (TPSA) is 39.1 Å². The average Bonchev–Trinajstić information content (AvgIpc) is 2.81. The highest BCUT2D eigenvalue weighted by Gasteiger charge is 2.22. The second-order valence-corrected chi connectivity index (χ2v) is 6.08. The first kappa shape index (κ1) is 15.5. The molecule has 0 aromatic rings. The highest BCUT2D eigenvalue weighted by atomic mass is 15.2. The Morgan fingerprint density at radius 1 is 1.39 bits per heavy atom. The van der Waals surface area contributed by atoms with Crippen molar-refractivity contribution in [3.05, 3.63) is 0 Å². The molecule has 1 saturated heterocycles. The van der Waals surface area contributed by atoms with Gasteiger partial charge in [-0.05, 0) is 59.2 Å². The second kappa shape index (κ2) is 7.76. The van der Waals surface area contributed by atoms with Crippen molar-refractivity contribution in [1.29, 1.82) is 5.26 Å². The molecule has 1 fully saturated rings. The van der Waals surface area contributed by atoms with Gasteiger partial charge in [-0.2, -0.15) is 5.26 Å². The molecule has 3 nitrogen and oxygen atoms in total. The molecule has 0 aromatic carbocycles. The number of hydrogen-bond donors (Lipinski definition) is 1. The molecule has 104 valence electrons. The van der Waals surface area contributed by atoms with E-state index in [0.717, 1.165) is 32.0 Å². The Balaban J connectivity index is 2.01. The highest BCUT2D eigenvalue weighted by molar-refractivity contribution is 4.91. The molecule has 18 heavy (non-hydrogen) atoms. The highest BCUT2D eigenvalue weighted by Crippen LogP contribution is 2.21. The lowest BCUT2D eigenvalue weighted by Gasteiger charge is -2.23. The fraction of sp³-hybridized carbons (Fsp3) is 0.933. The van der Waals surface area contributed by atoms with Crippen LogP contribution in [0.2, 0.25) is 0 Å². The Kier molecular flexibility index (Phi) is 6.67. The Hall–Kier alpha value is -0.590. The summed E-state index contributed by atoms with van der Waals surface area (Å²) in [6.45, 7) is 11.0. The molecule has 0 spiro atoms. The van der Waals surface area contributed by atoms with E-state index in [1.807, 2.05) is 13.8 Å². The third kappa shape index (κ3) is 5.37. The van der Waals surface area contributed by atoms with Gasteiger partial charge in [0.2, 0.25) is 0 Å². The van der Waals surface area contributed by atoms with Gasteiger partial charge in [0.1, 0.15) is 0 Å². The third-order valence-electron chi connectivity index (χ3n) is 3.99. The molecule has 1 heterocycles. The first-order valence-corrected chi connectivity index (χ1v) is 7.45. The summed E-state index contributed by atoms with van der Waals surface area (Å²) in [5.41, 5.74) is -0.148. The molecule has 1 aliphatic rings. The van der Waals surface area contributed by atoms with Crippen LogP contribution in [0.3, 0.4) is 0 Å². The lowest BCUT2D eigenvalue weighted by Crippen LogP contribution is -2.38. The van der Waals surface area contributed by atoms with Gasteiger partial charge >= 0.3 is 0 Å². The summed E-state index contributed by atoms with van der Waals surface area (Å²) < 4.78 is 0. The standard InChI is InChI=1S/C15H29N3/c1-4-18-11-7-8-14(18)12-17-10-6-5-9-15(2,3)13-16/h14,17H,4-12H2,1-3H3. The predicted molar refractivity (Wildman–Crippen MR) is 76.4 cm³/mol. The Bertz CT molecular complexity index is 267. The van der Waals surface area contributed by atoms with Gasteiger partial charge in [0.15, 0.2) is 0 Å². The second-order valence-electron chi connectivity index (χ2n) is 6.08. The van der Waals surface area contributed by atoms with Gasteiger partial charge in [-0.25, -0.2) is 0 Å². The average molecular weight is 251 g/mol. The maximum atomic E-state index is 8.93. The van der Waals surface area contributed by atoms with E-state index in [9.17, 15) is 0 Å². The molecule has 1 atom stereocenters. The minimum Gasteiger partial charge on any atom is -0.315 e. The molecule has 0 amide bonds. The third-order valence-corrected chi connectivity index (χ3v) is 3.99. The number of hydrogen-bond acceptors (Lipinski definition) is 3. The van der Waals surface area contributed by atoms with Crippen LogP contribution in [0, 0.1) is 16.7 Å². The molecule has 0 bridgehead atoms. The quantitative estimate of drug-likeness (QED) is 0.674. The number of unbranched alkanes of at least 4 members (excludes halogenated alkanes) is 1. The summed E-state index contributed by atoms with van der Waals surface area (Å²) in [5.74, 6) is 0. The van der Waals surface area contributed by atoms with Crippen molar-refractivity contribution in [2.24, 2.45) is 5.41 Å². The fourth-order valence-corrected chi connectivity index (χ4v) is 2.68. The van der Waals surface area contributed by atoms with Crippen LogP contribution in [0.25, 0.3) is 0 Å². The van der Waals surface area contributed by atoms with Gasteiger partial charge in [-0.15, -0.1) is 0 Å². The molecule has 0 aromatic heterocycles. The minimum atomic E-state index is -0.148. The number of nitriles is 1. The van der Waals surface area contributed by atoms with Crippen LogP contribution in [0.4, 0.5) is 0 Å². The Morgan fingerprint density at radius 2 is 2.17 bits per heavy atom. The number of rotatable bonds is 8. The van der Waals surface area contributed by atoms with Crippen molar-refractivity contribution >= 4 is 0 Å². The molecule has 0 saturated carbocycles. The van der Waals surface area contributed by atoms with Crippen LogP contribution >= 0.6 is 0 Å². The summed E-state index contributed by atoms with van der Waals surface area (Å²) in [4.78, 5) is 2.58. The first-order valence-electron chi connectivity index (χ1n) is 7.45. The molecule has 3 heteroatoms. The zero-order valence-electron chi connectivity index (χ0n) is 12.3. The van der Waals surface area contributed by atoms with Crippen LogP contribution in [0.15, 0.2) is 0 Å². The number of likely N-dealkylation sites (N-methyl/N-ethyl adjacent to an activating group) is 1. The van der Waals surface area contributed by atoms with Crippen molar-refractivity contribution in [3.8, 4) is 6.07 Å². The van der Waals surface area contributed by atoms with Gasteiger partial charge in [-0.3, -0.25) is 4.90 Å². The number of likely N-dealkylation sites (tertiary alicyclic amines) is 1. The van der Waals surface area contributed by atoms with Crippen LogP contribution in [0.1, 0.15) is 52.9 Å². The molecule has 1 rings (SSSR count). The van der Waals surface area contributed by atoms with E-state index in [2.05, 4.69) is 23.2 Å². The summed E-state index contributed by atoms with van der Waals surface area (Å²) in [6.07, 6.45) is 6.05. The lowest BCUT2D eigenvalue weighted by atomic mass is 9.89. The van der Waals surface area contributed by atoms with E-state index < -0.39 is 0 Å². The van der Waals surface area contributed by atoms with E-state index in [-0.39, 0.29) is 5.41 Å². The minimum absolute atomic E-state index is 0.148.